The monoisotopic (exact) mass is 401 g/mol. The molecule has 1 aromatic heterocycles. The van der Waals surface area contributed by atoms with Crippen LogP contribution in [0.15, 0.2) is 12.1 Å². The fraction of sp³-hybridized carbons (Fsp3) is 0.619. The van der Waals surface area contributed by atoms with Gasteiger partial charge in [-0.25, -0.2) is 4.98 Å². The van der Waals surface area contributed by atoms with Crippen molar-refractivity contribution < 1.29 is 14.4 Å². The molecule has 8 nitrogen and oxygen atoms in total. The molecule has 0 bridgehead atoms. The molecule has 1 aliphatic heterocycles. The Morgan fingerprint density at radius 1 is 1.10 bits per heavy atom. The number of hydrogen-bond donors (Lipinski definition) is 4. The number of aryl methyl sites for hydroxylation is 1. The van der Waals surface area contributed by atoms with Crippen molar-refractivity contribution in [2.45, 2.75) is 65.8 Å². The Bertz CT molecular complexity index is 813. The van der Waals surface area contributed by atoms with Gasteiger partial charge in [0.1, 0.15) is 11.2 Å². The van der Waals surface area contributed by atoms with E-state index >= 15 is 0 Å². The number of pyridine rings is 1. The number of anilines is 1. The highest BCUT2D eigenvalue weighted by atomic mass is 16.2. The summed E-state index contributed by atoms with van der Waals surface area (Å²) in [6, 6.07) is 3.72. The first-order valence-corrected chi connectivity index (χ1v) is 10.2. The van der Waals surface area contributed by atoms with Gasteiger partial charge in [-0.05, 0) is 63.5 Å². The van der Waals surface area contributed by atoms with Gasteiger partial charge in [-0.1, -0.05) is 13.8 Å². The summed E-state index contributed by atoms with van der Waals surface area (Å²) < 4.78 is 0. The first-order chi connectivity index (χ1) is 13.6. The molecule has 3 rings (SSSR count). The maximum Gasteiger partial charge on any atom is 0.273 e. The van der Waals surface area contributed by atoms with Crippen molar-refractivity contribution in [2.75, 3.05) is 11.9 Å². The van der Waals surface area contributed by atoms with Crippen molar-refractivity contribution in [3.63, 3.8) is 0 Å². The van der Waals surface area contributed by atoms with E-state index in [0.717, 1.165) is 31.4 Å². The first kappa shape index (κ1) is 21.1. The van der Waals surface area contributed by atoms with E-state index in [1.54, 1.807) is 19.1 Å². The minimum atomic E-state index is -1.17. The van der Waals surface area contributed by atoms with Crippen molar-refractivity contribution in [3.05, 3.63) is 23.4 Å². The lowest BCUT2D eigenvalue weighted by Gasteiger charge is -2.35. The van der Waals surface area contributed by atoms with Crippen LogP contribution in [-0.2, 0) is 9.59 Å². The van der Waals surface area contributed by atoms with Crippen LogP contribution in [-0.4, -0.2) is 35.3 Å². The second kappa shape index (κ2) is 8.00. The summed E-state index contributed by atoms with van der Waals surface area (Å²) in [4.78, 5) is 41.5. The van der Waals surface area contributed by atoms with E-state index in [4.69, 9.17) is 0 Å². The molecule has 1 atom stereocenters. The van der Waals surface area contributed by atoms with Gasteiger partial charge in [-0.3, -0.25) is 25.2 Å². The Kier molecular flexibility index (Phi) is 5.82. The third-order valence-corrected chi connectivity index (χ3v) is 6.16. The van der Waals surface area contributed by atoms with Crippen LogP contribution in [0.4, 0.5) is 5.82 Å². The molecule has 1 aromatic rings. The molecular weight excluding hydrogens is 370 g/mol. The minimum Gasteiger partial charge on any atom is -0.367 e. The number of nitrogens with zero attached hydrogens (tertiary/aromatic N) is 1. The predicted octanol–water partition coefficient (Wildman–Crippen LogP) is 2.06. The first-order valence-electron chi connectivity index (χ1n) is 10.2. The fourth-order valence-corrected chi connectivity index (χ4v) is 3.86. The Labute approximate surface area is 171 Å². The summed E-state index contributed by atoms with van der Waals surface area (Å²) in [5, 5.41) is 6.06. The quantitative estimate of drug-likeness (QED) is 0.456. The van der Waals surface area contributed by atoms with Gasteiger partial charge in [0.2, 0.25) is 5.91 Å². The van der Waals surface area contributed by atoms with Gasteiger partial charge in [0.05, 0.1) is 5.56 Å². The van der Waals surface area contributed by atoms with E-state index in [1.165, 1.54) is 0 Å². The Hall–Kier alpha value is -2.64. The van der Waals surface area contributed by atoms with Crippen LogP contribution in [0.1, 0.15) is 68.9 Å². The number of nitrogens with one attached hydrogen (secondary N) is 4. The normalized spacial score (nSPS) is 23.9. The van der Waals surface area contributed by atoms with Crippen molar-refractivity contribution >= 4 is 23.5 Å². The summed E-state index contributed by atoms with van der Waals surface area (Å²) in [6.45, 7) is 8.45. The fourth-order valence-electron chi connectivity index (χ4n) is 3.86. The molecule has 2 fully saturated rings. The molecule has 1 unspecified atom stereocenters. The largest absolute Gasteiger partial charge is 0.367 e. The van der Waals surface area contributed by atoms with E-state index in [2.05, 4.69) is 40.3 Å². The SMILES string of the molecule is Cc1ccc(C(=O)NNC(=O)C2(C)CCNC2=O)c(NC2CCC(C)(C)CC2)n1. The number of amides is 3. The summed E-state index contributed by atoms with van der Waals surface area (Å²) in [5.41, 5.74) is 5.18. The summed E-state index contributed by atoms with van der Waals surface area (Å²) >= 11 is 0. The van der Waals surface area contributed by atoms with Gasteiger partial charge in [0.25, 0.3) is 11.8 Å². The van der Waals surface area contributed by atoms with Crippen LogP contribution >= 0.6 is 0 Å². The molecule has 2 aliphatic rings. The molecule has 29 heavy (non-hydrogen) atoms. The van der Waals surface area contributed by atoms with Crippen LogP contribution in [0.25, 0.3) is 0 Å². The topological polar surface area (TPSA) is 112 Å². The molecule has 2 heterocycles. The zero-order valence-corrected chi connectivity index (χ0v) is 17.6. The predicted molar refractivity (Wildman–Crippen MR) is 110 cm³/mol. The number of carbonyl (C=O) groups excluding carboxylic acids is 3. The van der Waals surface area contributed by atoms with Gasteiger partial charge < -0.3 is 10.6 Å². The third-order valence-electron chi connectivity index (χ3n) is 6.16. The highest BCUT2D eigenvalue weighted by Gasteiger charge is 2.44. The molecule has 8 heteroatoms. The second-order valence-electron chi connectivity index (χ2n) is 9.18. The van der Waals surface area contributed by atoms with Crippen molar-refractivity contribution in [3.8, 4) is 0 Å². The molecule has 1 aliphatic carbocycles. The van der Waals surface area contributed by atoms with Gasteiger partial charge >= 0.3 is 0 Å². The Morgan fingerprint density at radius 3 is 2.41 bits per heavy atom. The van der Waals surface area contributed by atoms with Crippen molar-refractivity contribution in [1.29, 1.82) is 0 Å². The molecule has 0 spiro atoms. The maximum absolute atomic E-state index is 12.7. The molecular formula is C21H31N5O3. The number of rotatable bonds is 4. The van der Waals surface area contributed by atoms with Gasteiger partial charge in [-0.2, -0.15) is 0 Å². The second-order valence-corrected chi connectivity index (χ2v) is 9.18. The maximum atomic E-state index is 12.7. The van der Waals surface area contributed by atoms with E-state index in [0.29, 0.717) is 29.8 Å². The number of aromatic nitrogens is 1. The van der Waals surface area contributed by atoms with E-state index in [9.17, 15) is 14.4 Å². The third kappa shape index (κ3) is 4.68. The number of carbonyl (C=O) groups is 3. The van der Waals surface area contributed by atoms with Crippen LogP contribution < -0.4 is 21.5 Å². The Balaban J connectivity index is 1.66. The zero-order chi connectivity index (χ0) is 21.2. The average Bonchev–Trinajstić information content (AvgIpc) is 3.01. The summed E-state index contributed by atoms with van der Waals surface area (Å²) in [6.07, 6.45) is 4.68. The lowest BCUT2D eigenvalue weighted by Crippen LogP contribution is -2.51. The average molecular weight is 402 g/mol. The Morgan fingerprint density at radius 2 is 1.79 bits per heavy atom. The van der Waals surface area contributed by atoms with Crippen LogP contribution in [0, 0.1) is 17.8 Å². The molecule has 1 saturated heterocycles. The summed E-state index contributed by atoms with van der Waals surface area (Å²) in [5.74, 6) is -0.799. The van der Waals surface area contributed by atoms with Crippen LogP contribution in [0.5, 0.6) is 0 Å². The van der Waals surface area contributed by atoms with E-state index in [-0.39, 0.29) is 11.9 Å². The molecule has 4 N–H and O–H groups in total. The molecule has 158 valence electrons. The van der Waals surface area contributed by atoms with Crippen LogP contribution in [0.3, 0.4) is 0 Å². The lowest BCUT2D eigenvalue weighted by atomic mass is 9.75. The van der Waals surface area contributed by atoms with E-state index in [1.807, 2.05) is 6.92 Å². The lowest BCUT2D eigenvalue weighted by molar-refractivity contribution is -0.140. The van der Waals surface area contributed by atoms with E-state index < -0.39 is 17.2 Å². The number of hydrogen-bond acceptors (Lipinski definition) is 5. The summed E-state index contributed by atoms with van der Waals surface area (Å²) in [7, 11) is 0. The zero-order valence-electron chi connectivity index (χ0n) is 17.6. The van der Waals surface area contributed by atoms with Gasteiger partial charge in [-0.15, -0.1) is 0 Å². The minimum absolute atomic E-state index is 0.263. The van der Waals surface area contributed by atoms with Gasteiger partial charge in [0.15, 0.2) is 0 Å². The van der Waals surface area contributed by atoms with Crippen LogP contribution in [0.2, 0.25) is 0 Å². The highest BCUT2D eigenvalue weighted by Crippen LogP contribution is 2.36. The smallest absolute Gasteiger partial charge is 0.273 e. The standard InChI is InChI=1S/C21H31N5O3/c1-13-5-6-15(16(23-13)24-14-7-9-20(2,3)10-8-14)17(27)25-26-19(29)21(4)11-12-22-18(21)28/h5-6,14H,7-12H2,1-4H3,(H,22,28)(H,23,24)(H,25,27)(H,26,29). The highest BCUT2D eigenvalue weighted by molar-refractivity contribution is 6.07. The molecule has 1 saturated carbocycles. The van der Waals surface area contributed by atoms with Crippen molar-refractivity contribution in [1.82, 2.24) is 21.2 Å². The van der Waals surface area contributed by atoms with Crippen molar-refractivity contribution in [2.24, 2.45) is 10.8 Å². The molecule has 0 aromatic carbocycles. The van der Waals surface area contributed by atoms with Gasteiger partial charge in [0, 0.05) is 18.3 Å². The number of hydrazine groups is 1. The molecule has 0 radical (unpaired) electrons. The molecule has 3 amide bonds.